The third-order valence-corrected chi connectivity index (χ3v) is 6.85. The van der Waals surface area contributed by atoms with Gasteiger partial charge in [0.25, 0.3) is 0 Å². The summed E-state index contributed by atoms with van der Waals surface area (Å²) >= 11 is 0. The van der Waals surface area contributed by atoms with Gasteiger partial charge in [-0.25, -0.2) is 0 Å². The van der Waals surface area contributed by atoms with Crippen LogP contribution < -0.4 is 4.74 Å². The molecule has 4 rings (SSSR count). The molecule has 0 amide bonds. The number of fused-ring (bicyclic) bond motifs is 1. The minimum absolute atomic E-state index is 0.182. The van der Waals surface area contributed by atoms with E-state index in [0.717, 1.165) is 57.5 Å². The van der Waals surface area contributed by atoms with Crippen LogP contribution in [0.2, 0.25) is 0 Å². The first-order valence-corrected chi connectivity index (χ1v) is 10.8. The molecular weight excluding hydrogens is 338 g/mol. The molecule has 2 heterocycles. The van der Waals surface area contributed by atoms with Gasteiger partial charge in [-0.05, 0) is 55.7 Å². The molecule has 0 N–H and O–H groups in total. The number of benzene rings is 1. The second-order valence-corrected chi connectivity index (χ2v) is 8.84. The van der Waals surface area contributed by atoms with Crippen molar-refractivity contribution in [3.63, 3.8) is 0 Å². The Morgan fingerprint density at radius 2 is 1.93 bits per heavy atom. The highest BCUT2D eigenvalue weighted by atomic mass is 16.5. The predicted octanol–water partition coefficient (Wildman–Crippen LogP) is 4.27. The summed E-state index contributed by atoms with van der Waals surface area (Å²) in [5.41, 5.74) is 1.54. The summed E-state index contributed by atoms with van der Waals surface area (Å²) in [6.07, 6.45) is 9.40. The van der Waals surface area contributed by atoms with Gasteiger partial charge in [0.15, 0.2) is 0 Å². The Balaban J connectivity index is 1.37. The molecule has 1 aliphatic carbocycles. The molecule has 3 aliphatic rings. The van der Waals surface area contributed by atoms with E-state index in [9.17, 15) is 0 Å². The lowest BCUT2D eigenvalue weighted by molar-refractivity contribution is -0.155. The number of rotatable bonds is 7. The van der Waals surface area contributed by atoms with Crippen LogP contribution in [0, 0.1) is 11.3 Å². The van der Waals surface area contributed by atoms with Crippen molar-refractivity contribution in [3.05, 3.63) is 29.8 Å². The first kappa shape index (κ1) is 19.2. The molecule has 3 fully saturated rings. The van der Waals surface area contributed by atoms with E-state index in [2.05, 4.69) is 29.2 Å². The zero-order valence-electron chi connectivity index (χ0n) is 16.8. The van der Waals surface area contributed by atoms with E-state index >= 15 is 0 Å². The molecule has 0 bridgehead atoms. The Bertz CT molecular complexity index is 584. The summed E-state index contributed by atoms with van der Waals surface area (Å²) in [6.45, 7) is 5.95. The van der Waals surface area contributed by atoms with Gasteiger partial charge in [-0.1, -0.05) is 25.0 Å². The van der Waals surface area contributed by atoms with Crippen molar-refractivity contribution < 1.29 is 14.2 Å². The van der Waals surface area contributed by atoms with Gasteiger partial charge in [-0.15, -0.1) is 0 Å². The average molecular weight is 374 g/mol. The van der Waals surface area contributed by atoms with E-state index in [1.165, 1.54) is 44.1 Å². The summed E-state index contributed by atoms with van der Waals surface area (Å²) in [4.78, 5) is 2.60. The van der Waals surface area contributed by atoms with E-state index in [0.29, 0.717) is 6.10 Å². The van der Waals surface area contributed by atoms with Crippen LogP contribution in [-0.4, -0.2) is 51.0 Å². The number of methoxy groups -OCH3 is 1. The number of nitrogens with zero attached hydrogens (tertiary/aromatic N) is 1. The number of piperidine rings is 1. The van der Waals surface area contributed by atoms with Gasteiger partial charge in [0.1, 0.15) is 5.75 Å². The van der Waals surface area contributed by atoms with Crippen LogP contribution in [0.3, 0.4) is 0 Å². The van der Waals surface area contributed by atoms with E-state index in [-0.39, 0.29) is 5.41 Å². The fraction of sp³-hybridized carbons (Fsp3) is 0.739. The molecular formula is C23H35NO3. The minimum atomic E-state index is 0.182. The Hall–Kier alpha value is -1.10. The van der Waals surface area contributed by atoms with Crippen molar-refractivity contribution in [2.75, 3.05) is 40.0 Å². The topological polar surface area (TPSA) is 30.9 Å². The second-order valence-electron chi connectivity index (χ2n) is 8.84. The van der Waals surface area contributed by atoms with Gasteiger partial charge in [0.2, 0.25) is 0 Å². The Morgan fingerprint density at radius 3 is 2.70 bits per heavy atom. The van der Waals surface area contributed by atoms with Crippen LogP contribution in [0.5, 0.6) is 5.75 Å². The smallest absolute Gasteiger partial charge is 0.118 e. The molecule has 150 valence electrons. The van der Waals surface area contributed by atoms with Gasteiger partial charge in [0, 0.05) is 38.3 Å². The summed E-state index contributed by atoms with van der Waals surface area (Å²) in [7, 11) is 1.72. The van der Waals surface area contributed by atoms with E-state index in [1.807, 2.05) is 0 Å². The maximum atomic E-state index is 6.32. The molecule has 4 heteroatoms. The van der Waals surface area contributed by atoms with Gasteiger partial charge in [-0.2, -0.15) is 0 Å². The molecule has 2 aliphatic heterocycles. The minimum Gasteiger partial charge on any atom is -0.497 e. The van der Waals surface area contributed by atoms with Crippen molar-refractivity contribution >= 4 is 0 Å². The van der Waals surface area contributed by atoms with Crippen molar-refractivity contribution in [3.8, 4) is 5.75 Å². The molecule has 1 saturated carbocycles. The van der Waals surface area contributed by atoms with E-state index in [1.54, 1.807) is 7.11 Å². The lowest BCUT2D eigenvalue weighted by Gasteiger charge is -2.50. The summed E-state index contributed by atoms with van der Waals surface area (Å²) in [5, 5.41) is 0. The molecule has 0 aromatic heterocycles. The van der Waals surface area contributed by atoms with Crippen molar-refractivity contribution in [2.45, 2.75) is 57.6 Å². The fourth-order valence-electron chi connectivity index (χ4n) is 5.32. The van der Waals surface area contributed by atoms with E-state index < -0.39 is 0 Å². The Morgan fingerprint density at radius 1 is 1.11 bits per heavy atom. The average Bonchev–Trinajstić information content (AvgIpc) is 3.22. The molecule has 27 heavy (non-hydrogen) atoms. The molecule has 1 aromatic rings. The monoisotopic (exact) mass is 373 g/mol. The Kier molecular flexibility index (Phi) is 6.36. The van der Waals surface area contributed by atoms with E-state index in [4.69, 9.17) is 14.2 Å². The van der Waals surface area contributed by atoms with Gasteiger partial charge in [-0.3, -0.25) is 4.90 Å². The SMILES string of the molecule is COc1ccc(CN2CC[C@H]3OCCC[C@@]3(COCC3CCCC3)C2)cc1. The van der Waals surface area contributed by atoms with Crippen LogP contribution in [0.25, 0.3) is 0 Å². The zero-order valence-corrected chi connectivity index (χ0v) is 16.8. The molecule has 4 nitrogen and oxygen atoms in total. The van der Waals surface area contributed by atoms with Crippen LogP contribution in [0.4, 0.5) is 0 Å². The Labute approximate surface area is 164 Å². The summed E-state index contributed by atoms with van der Waals surface area (Å²) in [5.74, 6) is 1.72. The van der Waals surface area contributed by atoms with Gasteiger partial charge in [0.05, 0.1) is 19.8 Å². The van der Waals surface area contributed by atoms with Crippen LogP contribution in [0.15, 0.2) is 24.3 Å². The number of ether oxygens (including phenoxy) is 3. The maximum absolute atomic E-state index is 6.32. The first-order valence-electron chi connectivity index (χ1n) is 10.8. The molecule has 1 aromatic carbocycles. The third-order valence-electron chi connectivity index (χ3n) is 6.85. The zero-order chi connectivity index (χ0) is 18.5. The first-order chi connectivity index (χ1) is 13.3. The normalized spacial score (nSPS) is 29.6. The third kappa shape index (κ3) is 4.67. The highest BCUT2D eigenvalue weighted by molar-refractivity contribution is 5.27. The molecule has 0 radical (unpaired) electrons. The van der Waals surface area contributed by atoms with Crippen LogP contribution >= 0.6 is 0 Å². The predicted molar refractivity (Wildman–Crippen MR) is 107 cm³/mol. The summed E-state index contributed by atoms with van der Waals surface area (Å²) in [6, 6.07) is 8.50. The fourth-order valence-corrected chi connectivity index (χ4v) is 5.32. The lowest BCUT2D eigenvalue weighted by Crippen LogP contribution is -2.56. The second kappa shape index (κ2) is 8.93. The highest BCUT2D eigenvalue weighted by Gasteiger charge is 2.46. The maximum Gasteiger partial charge on any atom is 0.118 e. The van der Waals surface area contributed by atoms with Crippen molar-refractivity contribution in [1.29, 1.82) is 0 Å². The van der Waals surface area contributed by atoms with Crippen LogP contribution in [-0.2, 0) is 16.0 Å². The van der Waals surface area contributed by atoms with Crippen molar-refractivity contribution in [2.24, 2.45) is 11.3 Å². The summed E-state index contributed by atoms with van der Waals surface area (Å²) < 4.78 is 17.8. The molecule has 0 unspecified atom stereocenters. The molecule has 2 atom stereocenters. The largest absolute Gasteiger partial charge is 0.497 e. The number of hydrogen-bond donors (Lipinski definition) is 0. The molecule has 0 spiro atoms. The number of hydrogen-bond acceptors (Lipinski definition) is 4. The van der Waals surface area contributed by atoms with Gasteiger partial charge >= 0.3 is 0 Å². The standard InChI is InChI=1S/C23H35NO3/c1-25-21-9-7-19(8-10-21)15-24-13-11-22-23(17-24,12-4-14-27-22)18-26-16-20-5-2-3-6-20/h7-10,20,22H,2-6,11-18H2,1H3/t22-,23+/m1/s1. The lowest BCUT2D eigenvalue weighted by atomic mass is 9.73. The number of likely N-dealkylation sites (tertiary alicyclic amines) is 1. The highest BCUT2D eigenvalue weighted by Crippen LogP contribution is 2.41. The van der Waals surface area contributed by atoms with Gasteiger partial charge < -0.3 is 14.2 Å². The quantitative estimate of drug-likeness (QED) is 0.714. The van der Waals surface area contributed by atoms with Crippen LogP contribution in [0.1, 0.15) is 50.5 Å². The van der Waals surface area contributed by atoms with Crippen molar-refractivity contribution in [1.82, 2.24) is 4.90 Å². The molecule has 2 saturated heterocycles.